The number of rotatable bonds is 7. The summed E-state index contributed by atoms with van der Waals surface area (Å²) in [6.45, 7) is 7.91. The maximum Gasteiger partial charge on any atom is 0.251 e. The molecule has 3 atom stereocenters. The number of nitrogens with one attached hydrogen (secondary N) is 1. The number of piperidine rings is 1. The van der Waals surface area contributed by atoms with Crippen LogP contribution >= 0.6 is 0 Å². The molecule has 37 heavy (non-hydrogen) atoms. The van der Waals surface area contributed by atoms with Gasteiger partial charge < -0.3 is 10.4 Å². The lowest BCUT2D eigenvalue weighted by molar-refractivity contribution is 0.0284. The molecule has 0 unspecified atom stereocenters. The van der Waals surface area contributed by atoms with E-state index in [0.717, 1.165) is 41.0 Å². The van der Waals surface area contributed by atoms with Crippen molar-refractivity contribution in [3.8, 4) is 16.9 Å². The molecule has 1 aliphatic heterocycles. The number of carbonyl (C=O) groups is 1. The van der Waals surface area contributed by atoms with E-state index in [0.29, 0.717) is 18.5 Å². The van der Waals surface area contributed by atoms with Crippen molar-refractivity contribution in [1.82, 2.24) is 10.2 Å². The molecule has 2 N–H and O–H groups in total. The molecule has 1 saturated carbocycles. The lowest BCUT2D eigenvalue weighted by Gasteiger charge is -2.55. The second-order valence-electron chi connectivity index (χ2n) is 11.8. The second-order valence-corrected chi connectivity index (χ2v) is 11.8. The highest BCUT2D eigenvalue weighted by Crippen LogP contribution is 2.49. The van der Waals surface area contributed by atoms with Crippen molar-refractivity contribution < 1.29 is 9.90 Å². The average Bonchev–Trinajstić information content (AvgIpc) is 3.73. The number of fused-ring (bicyclic) bond motifs is 4. The number of phenolic OH excluding ortho intramolecular Hbond substituents is 1. The van der Waals surface area contributed by atoms with Crippen LogP contribution in [0.25, 0.3) is 11.1 Å². The van der Waals surface area contributed by atoms with Crippen molar-refractivity contribution in [3.63, 3.8) is 0 Å². The van der Waals surface area contributed by atoms with Gasteiger partial charge in [0.15, 0.2) is 0 Å². The van der Waals surface area contributed by atoms with Gasteiger partial charge in [-0.15, -0.1) is 0 Å². The fourth-order valence-corrected chi connectivity index (χ4v) is 6.70. The van der Waals surface area contributed by atoms with Gasteiger partial charge in [0.25, 0.3) is 5.91 Å². The van der Waals surface area contributed by atoms with Crippen LogP contribution in [0.1, 0.15) is 60.2 Å². The summed E-state index contributed by atoms with van der Waals surface area (Å²) in [4.78, 5) is 15.9. The molecule has 4 heteroatoms. The first-order chi connectivity index (χ1) is 17.9. The highest BCUT2D eigenvalue weighted by Gasteiger charge is 2.49. The van der Waals surface area contributed by atoms with Crippen molar-refractivity contribution in [2.45, 2.75) is 57.4 Å². The van der Waals surface area contributed by atoms with Gasteiger partial charge in [0, 0.05) is 30.3 Å². The van der Waals surface area contributed by atoms with Gasteiger partial charge >= 0.3 is 0 Å². The Hall–Kier alpha value is -3.11. The summed E-state index contributed by atoms with van der Waals surface area (Å²) in [7, 11) is 0. The summed E-state index contributed by atoms with van der Waals surface area (Å²) in [5.74, 6) is 1.83. The van der Waals surface area contributed by atoms with Crippen LogP contribution in [0.3, 0.4) is 0 Å². The van der Waals surface area contributed by atoms with Crippen LogP contribution < -0.4 is 5.32 Å². The number of aromatic hydroxyl groups is 1. The minimum Gasteiger partial charge on any atom is -0.507 e. The Morgan fingerprint density at radius 1 is 1.08 bits per heavy atom. The molecule has 0 radical (unpaired) electrons. The minimum absolute atomic E-state index is 0.0122. The number of phenols is 1. The Labute approximate surface area is 220 Å². The smallest absolute Gasteiger partial charge is 0.251 e. The van der Waals surface area contributed by atoms with E-state index in [2.05, 4.69) is 48.3 Å². The van der Waals surface area contributed by atoms with Crippen LogP contribution in [-0.2, 0) is 18.3 Å². The van der Waals surface area contributed by atoms with E-state index in [9.17, 15) is 9.90 Å². The van der Waals surface area contributed by atoms with Crippen molar-refractivity contribution in [1.29, 1.82) is 0 Å². The Morgan fingerprint density at radius 3 is 2.62 bits per heavy atom. The number of carbonyl (C=O) groups excluding carboxylic acids is 1. The molecule has 0 spiro atoms. The Bertz CT molecular complexity index is 1300. The molecular weight excluding hydrogens is 456 g/mol. The summed E-state index contributed by atoms with van der Waals surface area (Å²) in [6, 6.07) is 22.6. The molecule has 0 aromatic heterocycles. The second kappa shape index (κ2) is 9.64. The molecule has 1 saturated heterocycles. The fraction of sp³-hybridized carbons (Fsp3) is 0.424. The summed E-state index contributed by atoms with van der Waals surface area (Å²) >= 11 is 0. The van der Waals surface area contributed by atoms with E-state index >= 15 is 0 Å². The molecule has 3 aromatic carbocycles. The molecule has 3 aromatic rings. The zero-order chi connectivity index (χ0) is 25.6. The SMILES string of the molecule is C[C@H]1[C@H]2Cc3ccc(C(=O)NCCc4ccc(-c5ccccc5O)cc4)cc3[C@]1(C)CCN2CC1CC1. The zero-order valence-corrected chi connectivity index (χ0v) is 22.0. The highest BCUT2D eigenvalue weighted by atomic mass is 16.3. The highest BCUT2D eigenvalue weighted by molar-refractivity contribution is 5.94. The van der Waals surface area contributed by atoms with E-state index in [1.165, 1.54) is 43.5 Å². The first-order valence-corrected chi connectivity index (χ1v) is 14.0. The molecule has 3 aliphatic rings. The maximum absolute atomic E-state index is 13.1. The zero-order valence-electron chi connectivity index (χ0n) is 22.0. The van der Waals surface area contributed by atoms with Gasteiger partial charge in [-0.3, -0.25) is 9.69 Å². The first-order valence-electron chi connectivity index (χ1n) is 14.0. The van der Waals surface area contributed by atoms with Crippen LogP contribution in [0.5, 0.6) is 5.75 Å². The largest absolute Gasteiger partial charge is 0.507 e. The number of hydrogen-bond acceptors (Lipinski definition) is 3. The number of amides is 1. The molecule has 4 nitrogen and oxygen atoms in total. The summed E-state index contributed by atoms with van der Waals surface area (Å²) in [5, 5.41) is 13.2. The maximum atomic E-state index is 13.1. The summed E-state index contributed by atoms with van der Waals surface area (Å²) in [5.41, 5.74) is 6.74. The first kappa shape index (κ1) is 24.2. The molecule has 1 heterocycles. The third kappa shape index (κ3) is 4.68. The normalized spacial score (nSPS) is 24.9. The van der Waals surface area contributed by atoms with E-state index < -0.39 is 0 Å². The van der Waals surface area contributed by atoms with Crippen molar-refractivity contribution in [2.75, 3.05) is 19.6 Å². The van der Waals surface area contributed by atoms with Gasteiger partial charge in [-0.1, -0.05) is 62.4 Å². The summed E-state index contributed by atoms with van der Waals surface area (Å²) < 4.78 is 0. The predicted octanol–water partition coefficient (Wildman–Crippen LogP) is 5.97. The van der Waals surface area contributed by atoms with E-state index in [1.54, 1.807) is 6.07 Å². The van der Waals surface area contributed by atoms with Gasteiger partial charge in [-0.05, 0) is 96.4 Å². The van der Waals surface area contributed by atoms with Crippen molar-refractivity contribution in [3.05, 3.63) is 89.0 Å². The predicted molar refractivity (Wildman–Crippen MR) is 149 cm³/mol. The van der Waals surface area contributed by atoms with Gasteiger partial charge in [-0.2, -0.15) is 0 Å². The number of nitrogens with zero attached hydrogens (tertiary/aromatic N) is 1. The molecule has 2 bridgehead atoms. The third-order valence-electron chi connectivity index (χ3n) is 9.44. The quantitative estimate of drug-likeness (QED) is 0.426. The number of hydrogen-bond donors (Lipinski definition) is 2. The molecule has 1 amide bonds. The van der Waals surface area contributed by atoms with Crippen LogP contribution in [0.4, 0.5) is 0 Å². The summed E-state index contributed by atoms with van der Waals surface area (Å²) in [6.07, 6.45) is 5.87. The minimum atomic E-state index is 0.0122. The van der Waals surface area contributed by atoms with Crippen LogP contribution in [-0.4, -0.2) is 41.6 Å². The number of benzene rings is 3. The topological polar surface area (TPSA) is 52.6 Å². The van der Waals surface area contributed by atoms with Crippen LogP contribution in [0, 0.1) is 11.8 Å². The Kier molecular flexibility index (Phi) is 6.32. The lowest BCUT2D eigenvalue weighted by Crippen LogP contribution is -2.58. The van der Waals surface area contributed by atoms with E-state index in [-0.39, 0.29) is 17.1 Å². The third-order valence-corrected chi connectivity index (χ3v) is 9.44. The lowest BCUT2D eigenvalue weighted by atomic mass is 9.59. The monoisotopic (exact) mass is 494 g/mol. The van der Waals surface area contributed by atoms with E-state index in [1.807, 2.05) is 36.4 Å². The molecule has 192 valence electrons. The van der Waals surface area contributed by atoms with Crippen molar-refractivity contribution in [2.24, 2.45) is 11.8 Å². The van der Waals surface area contributed by atoms with Crippen molar-refractivity contribution >= 4 is 5.91 Å². The Balaban J connectivity index is 1.10. The molecule has 2 fully saturated rings. The molecule has 2 aliphatic carbocycles. The Morgan fingerprint density at radius 2 is 1.86 bits per heavy atom. The van der Waals surface area contributed by atoms with Gasteiger partial charge in [0.05, 0.1) is 0 Å². The average molecular weight is 495 g/mol. The standard InChI is InChI=1S/C33H38N2O2/c1-22-30-20-26-13-14-27(19-29(26)33(22,2)16-18-35(30)21-24-7-8-24)32(37)34-17-15-23-9-11-25(12-10-23)28-5-3-4-6-31(28)36/h3-6,9-14,19,22,24,30,36H,7-8,15-18,20-21H2,1-2H3,(H,34,37)/t22-,30+,33+/m0/s1. The fourth-order valence-electron chi connectivity index (χ4n) is 6.70. The van der Waals surface area contributed by atoms with Crippen LogP contribution in [0.2, 0.25) is 0 Å². The molecule has 6 rings (SSSR count). The van der Waals surface area contributed by atoms with Gasteiger partial charge in [0.2, 0.25) is 0 Å². The number of likely N-dealkylation sites (tertiary alicyclic amines) is 1. The van der Waals surface area contributed by atoms with Gasteiger partial charge in [0.1, 0.15) is 5.75 Å². The molecular formula is C33H38N2O2. The van der Waals surface area contributed by atoms with E-state index in [4.69, 9.17) is 0 Å². The van der Waals surface area contributed by atoms with Crippen LogP contribution in [0.15, 0.2) is 66.7 Å². The number of para-hydroxylation sites is 1. The van der Waals surface area contributed by atoms with Gasteiger partial charge in [-0.25, -0.2) is 0 Å².